The van der Waals surface area contributed by atoms with Gasteiger partial charge in [0.1, 0.15) is 0 Å². The van der Waals surface area contributed by atoms with Crippen LogP contribution in [0.4, 0.5) is 5.69 Å². The Balaban J connectivity index is 1.44. The van der Waals surface area contributed by atoms with E-state index in [1.54, 1.807) is 19.0 Å². The number of hydrogen-bond acceptors (Lipinski definition) is 5. The quantitative estimate of drug-likeness (QED) is 0.640. The molecule has 3 rings (SSSR count). The van der Waals surface area contributed by atoms with Gasteiger partial charge in [0.05, 0.1) is 11.3 Å². The summed E-state index contributed by atoms with van der Waals surface area (Å²) in [5.74, 6) is 0.270. The largest absolute Gasteiger partial charge is 0.369 e. The molecule has 0 unspecified atom stereocenters. The first-order chi connectivity index (χ1) is 14.9. The molecular weight excluding hydrogens is 408 g/mol. The van der Waals surface area contributed by atoms with Gasteiger partial charge in [-0.05, 0) is 36.8 Å². The third kappa shape index (κ3) is 6.74. The minimum Gasteiger partial charge on any atom is -0.369 e. The van der Waals surface area contributed by atoms with Crippen molar-refractivity contribution in [1.82, 2.24) is 15.1 Å². The Morgan fingerprint density at radius 1 is 1.03 bits per heavy atom. The van der Waals surface area contributed by atoms with Gasteiger partial charge in [-0.1, -0.05) is 24.3 Å². The monoisotopic (exact) mass is 440 g/mol. The zero-order chi connectivity index (χ0) is 22.2. The Bertz CT molecular complexity index is 895. The zero-order valence-corrected chi connectivity index (χ0v) is 19.5. The fourth-order valence-electron chi connectivity index (χ4n) is 3.53. The first-order valence-corrected chi connectivity index (χ1v) is 11.7. The molecule has 1 heterocycles. The zero-order valence-electron chi connectivity index (χ0n) is 18.6. The van der Waals surface area contributed by atoms with Gasteiger partial charge in [-0.2, -0.15) is 0 Å². The average Bonchev–Trinajstić information content (AvgIpc) is 2.78. The van der Waals surface area contributed by atoms with E-state index in [0.29, 0.717) is 17.9 Å². The van der Waals surface area contributed by atoms with Gasteiger partial charge < -0.3 is 15.1 Å². The van der Waals surface area contributed by atoms with Gasteiger partial charge in [0.15, 0.2) is 0 Å². The highest BCUT2D eigenvalue weighted by atomic mass is 32.2. The lowest BCUT2D eigenvalue weighted by Crippen LogP contribution is -2.48. The number of nitrogens with one attached hydrogen (secondary N) is 1. The number of carbonyl (C=O) groups excluding carboxylic acids is 2. The molecule has 6 nitrogen and oxygen atoms in total. The fraction of sp³-hybridized carbons (Fsp3) is 0.417. The van der Waals surface area contributed by atoms with Gasteiger partial charge in [-0.15, -0.1) is 11.8 Å². The molecule has 0 bridgehead atoms. The second-order valence-corrected chi connectivity index (χ2v) is 9.01. The predicted octanol–water partition coefficient (Wildman–Crippen LogP) is 2.73. The second kappa shape index (κ2) is 11.2. The number of amides is 2. The standard InChI is InChI=1S/C24H32N4O2S/c1-19-7-6-8-20(17-19)28-15-13-27(14-16-28)12-11-25-24(30)21-9-4-5-10-22(21)31-18-23(29)26(2)3/h4-10,17H,11-16,18H2,1-3H3,(H,25,30). The van der Waals surface area contributed by atoms with Crippen LogP contribution in [0.25, 0.3) is 0 Å². The number of hydrogen-bond donors (Lipinski definition) is 1. The van der Waals surface area contributed by atoms with Gasteiger partial charge in [-0.3, -0.25) is 14.5 Å². The summed E-state index contributed by atoms with van der Waals surface area (Å²) in [5, 5.41) is 3.04. The van der Waals surface area contributed by atoms with E-state index in [9.17, 15) is 9.59 Å². The van der Waals surface area contributed by atoms with Crippen LogP contribution in [-0.2, 0) is 4.79 Å². The van der Waals surface area contributed by atoms with Crippen molar-refractivity contribution in [3.8, 4) is 0 Å². The summed E-state index contributed by atoms with van der Waals surface area (Å²) in [6.45, 7) is 7.54. The Labute approximate surface area is 189 Å². The molecule has 1 N–H and O–H groups in total. The molecule has 1 aliphatic heterocycles. The highest BCUT2D eigenvalue weighted by Gasteiger charge is 2.18. The smallest absolute Gasteiger partial charge is 0.252 e. The molecule has 0 aromatic heterocycles. The molecule has 0 saturated carbocycles. The number of rotatable bonds is 8. The van der Waals surface area contributed by atoms with Crippen LogP contribution in [0.3, 0.4) is 0 Å². The summed E-state index contributed by atoms with van der Waals surface area (Å²) in [6.07, 6.45) is 0. The molecule has 7 heteroatoms. The van der Waals surface area contributed by atoms with Gasteiger partial charge >= 0.3 is 0 Å². The number of thioether (sulfide) groups is 1. The second-order valence-electron chi connectivity index (χ2n) is 8.00. The van der Waals surface area contributed by atoms with E-state index < -0.39 is 0 Å². The molecule has 2 aromatic rings. The van der Waals surface area contributed by atoms with Crippen LogP contribution in [0.2, 0.25) is 0 Å². The molecule has 1 fully saturated rings. The van der Waals surface area contributed by atoms with E-state index in [4.69, 9.17) is 0 Å². The van der Waals surface area contributed by atoms with Crippen molar-refractivity contribution in [2.75, 3.05) is 64.0 Å². The first kappa shape index (κ1) is 23.2. The number of aryl methyl sites for hydroxylation is 1. The SMILES string of the molecule is Cc1cccc(N2CCN(CCNC(=O)c3ccccc3SCC(=O)N(C)C)CC2)c1. The molecular formula is C24H32N4O2S. The first-order valence-electron chi connectivity index (χ1n) is 10.7. The molecule has 0 radical (unpaired) electrons. The normalized spacial score (nSPS) is 14.4. The highest BCUT2D eigenvalue weighted by molar-refractivity contribution is 8.00. The molecule has 166 valence electrons. The lowest BCUT2D eigenvalue weighted by atomic mass is 10.2. The van der Waals surface area contributed by atoms with Crippen LogP contribution in [-0.4, -0.2) is 80.7 Å². The maximum absolute atomic E-state index is 12.7. The summed E-state index contributed by atoms with van der Waals surface area (Å²) in [6, 6.07) is 16.1. The highest BCUT2D eigenvalue weighted by Crippen LogP contribution is 2.23. The van der Waals surface area contributed by atoms with Crippen LogP contribution in [0.1, 0.15) is 15.9 Å². The van der Waals surface area contributed by atoms with Crippen molar-refractivity contribution in [3.63, 3.8) is 0 Å². The molecule has 1 saturated heterocycles. The minimum atomic E-state index is -0.0844. The van der Waals surface area contributed by atoms with Crippen molar-refractivity contribution in [1.29, 1.82) is 0 Å². The maximum Gasteiger partial charge on any atom is 0.252 e. The molecule has 31 heavy (non-hydrogen) atoms. The van der Waals surface area contributed by atoms with Crippen molar-refractivity contribution < 1.29 is 9.59 Å². The van der Waals surface area contributed by atoms with Crippen molar-refractivity contribution in [2.24, 2.45) is 0 Å². The maximum atomic E-state index is 12.7. The van der Waals surface area contributed by atoms with E-state index in [-0.39, 0.29) is 11.8 Å². The van der Waals surface area contributed by atoms with Gasteiger partial charge in [0.2, 0.25) is 5.91 Å². The van der Waals surface area contributed by atoms with Crippen molar-refractivity contribution in [2.45, 2.75) is 11.8 Å². The van der Waals surface area contributed by atoms with E-state index >= 15 is 0 Å². The Kier molecular flexibility index (Phi) is 8.37. The third-order valence-electron chi connectivity index (χ3n) is 5.43. The van der Waals surface area contributed by atoms with E-state index in [2.05, 4.69) is 46.3 Å². The van der Waals surface area contributed by atoms with Gasteiger partial charge in [0.25, 0.3) is 5.91 Å². The van der Waals surface area contributed by atoms with Crippen LogP contribution >= 0.6 is 11.8 Å². The molecule has 0 spiro atoms. The average molecular weight is 441 g/mol. The minimum absolute atomic E-state index is 0.0324. The Morgan fingerprint density at radius 2 is 1.77 bits per heavy atom. The Morgan fingerprint density at radius 3 is 2.48 bits per heavy atom. The lowest BCUT2D eigenvalue weighted by molar-refractivity contribution is -0.125. The number of carbonyl (C=O) groups is 2. The van der Waals surface area contributed by atoms with Crippen LogP contribution in [0.5, 0.6) is 0 Å². The number of nitrogens with zero attached hydrogens (tertiary/aromatic N) is 3. The van der Waals surface area contributed by atoms with Crippen LogP contribution in [0, 0.1) is 6.92 Å². The van der Waals surface area contributed by atoms with E-state index in [1.165, 1.54) is 23.0 Å². The number of benzene rings is 2. The molecule has 2 amide bonds. The summed E-state index contributed by atoms with van der Waals surface area (Å²) in [5.41, 5.74) is 3.20. The number of piperazine rings is 1. The fourth-order valence-corrected chi connectivity index (χ4v) is 4.55. The van der Waals surface area contributed by atoms with Gasteiger partial charge in [0, 0.05) is 63.9 Å². The number of anilines is 1. The Hall–Kier alpha value is -2.51. The van der Waals surface area contributed by atoms with Crippen molar-refractivity contribution in [3.05, 3.63) is 59.7 Å². The van der Waals surface area contributed by atoms with Crippen molar-refractivity contribution >= 4 is 29.3 Å². The van der Waals surface area contributed by atoms with Crippen LogP contribution in [0.15, 0.2) is 53.4 Å². The lowest BCUT2D eigenvalue weighted by Gasteiger charge is -2.36. The summed E-state index contributed by atoms with van der Waals surface area (Å²) in [7, 11) is 3.48. The van der Waals surface area contributed by atoms with Gasteiger partial charge in [-0.25, -0.2) is 0 Å². The van der Waals surface area contributed by atoms with Crippen LogP contribution < -0.4 is 10.2 Å². The molecule has 2 aromatic carbocycles. The van der Waals surface area contributed by atoms with E-state index in [1.807, 2.05) is 24.3 Å². The topological polar surface area (TPSA) is 55.9 Å². The predicted molar refractivity (Wildman–Crippen MR) is 128 cm³/mol. The summed E-state index contributed by atoms with van der Waals surface area (Å²) >= 11 is 1.40. The summed E-state index contributed by atoms with van der Waals surface area (Å²) in [4.78, 5) is 31.8. The molecule has 0 atom stereocenters. The molecule has 0 aliphatic carbocycles. The van der Waals surface area contributed by atoms with E-state index in [0.717, 1.165) is 37.6 Å². The molecule has 1 aliphatic rings. The third-order valence-corrected chi connectivity index (χ3v) is 6.49. The summed E-state index contributed by atoms with van der Waals surface area (Å²) < 4.78 is 0.